The third kappa shape index (κ3) is 6.01. The quantitative estimate of drug-likeness (QED) is 0.144. The standard InChI is InChI=1S/C37H38ClF3N7O2/c1-46(17-23-18-47(20-29(23)40)30(49)10-9-25-11-13-42-25)35-27-16-43-33(26-7-2-5-22-6-3-8-28(38)31(22)26)32(41)34(27)44-36(45-35)50-21-37-12-4-14-48(37)19-24(39)15-37/h2-3,5-10,16-17,23-25,29,42H,4,11-15,18-21H2,1H3/q+1/b10-9+,46-17?/t23?,24-,25+,29-,37+/m1/s1. The number of hydrogen-bond donors (Lipinski definition) is 1. The molecule has 13 heteroatoms. The fourth-order valence-corrected chi connectivity index (χ4v) is 8.21. The summed E-state index contributed by atoms with van der Waals surface area (Å²) in [4.78, 5) is 30.2. The number of fused-ring (bicyclic) bond motifs is 3. The largest absolute Gasteiger partial charge is 0.443 e. The first kappa shape index (κ1) is 33.0. The smallest absolute Gasteiger partial charge is 0.434 e. The van der Waals surface area contributed by atoms with Crippen molar-refractivity contribution in [3.63, 3.8) is 0 Å². The minimum atomic E-state index is -1.30. The van der Waals surface area contributed by atoms with Gasteiger partial charge >= 0.3 is 11.8 Å². The molecule has 1 unspecified atom stereocenters. The van der Waals surface area contributed by atoms with Crippen LogP contribution >= 0.6 is 11.6 Å². The van der Waals surface area contributed by atoms with E-state index in [4.69, 9.17) is 16.3 Å². The summed E-state index contributed by atoms with van der Waals surface area (Å²) < 4.78 is 54.5. The molecule has 4 saturated heterocycles. The molecule has 0 radical (unpaired) electrons. The molecule has 0 aliphatic carbocycles. The van der Waals surface area contributed by atoms with Gasteiger partial charge in [-0.15, -0.1) is 0 Å². The summed E-state index contributed by atoms with van der Waals surface area (Å²) in [7, 11) is 1.70. The molecule has 50 heavy (non-hydrogen) atoms. The van der Waals surface area contributed by atoms with E-state index in [-0.39, 0.29) is 54.7 Å². The number of ether oxygens (including phenoxy) is 1. The Morgan fingerprint density at radius 2 is 2.00 bits per heavy atom. The van der Waals surface area contributed by atoms with Gasteiger partial charge in [-0.1, -0.05) is 48.0 Å². The fraction of sp³-hybridized carbons (Fsp3) is 0.432. The summed E-state index contributed by atoms with van der Waals surface area (Å²) in [5.41, 5.74) is 0.0781. The monoisotopic (exact) mass is 704 g/mol. The van der Waals surface area contributed by atoms with Crippen molar-refractivity contribution in [2.24, 2.45) is 5.92 Å². The fourth-order valence-electron chi connectivity index (χ4n) is 7.93. The number of aromatic nitrogens is 3. The summed E-state index contributed by atoms with van der Waals surface area (Å²) >= 11 is 6.60. The Bertz CT molecular complexity index is 2040. The van der Waals surface area contributed by atoms with Crippen LogP contribution in [0.1, 0.15) is 25.7 Å². The summed E-state index contributed by atoms with van der Waals surface area (Å²) in [5, 5.41) is 5.47. The van der Waals surface area contributed by atoms with Crippen molar-refractivity contribution >= 4 is 51.2 Å². The van der Waals surface area contributed by atoms with E-state index in [9.17, 15) is 9.18 Å². The van der Waals surface area contributed by atoms with Crippen LogP contribution in [0.15, 0.2) is 54.7 Å². The first-order valence-corrected chi connectivity index (χ1v) is 17.5. The molecule has 5 atom stereocenters. The number of likely N-dealkylation sites (tertiary alicyclic amines) is 1. The third-order valence-corrected chi connectivity index (χ3v) is 11.0. The zero-order chi connectivity index (χ0) is 34.6. The molecule has 2 aromatic heterocycles. The van der Waals surface area contributed by atoms with Crippen LogP contribution in [0, 0.1) is 11.7 Å². The van der Waals surface area contributed by atoms with Crippen LogP contribution in [0.25, 0.3) is 32.9 Å². The third-order valence-electron chi connectivity index (χ3n) is 10.7. The second-order valence-electron chi connectivity index (χ2n) is 13.9. The van der Waals surface area contributed by atoms with E-state index < -0.39 is 29.6 Å². The van der Waals surface area contributed by atoms with Gasteiger partial charge in [0.15, 0.2) is 5.82 Å². The van der Waals surface area contributed by atoms with Gasteiger partial charge in [-0.3, -0.25) is 14.7 Å². The highest BCUT2D eigenvalue weighted by atomic mass is 35.5. The summed E-state index contributed by atoms with van der Waals surface area (Å²) in [5.74, 6) is -1.29. The molecule has 1 N–H and O–H groups in total. The summed E-state index contributed by atoms with van der Waals surface area (Å²) in [6.07, 6.45) is 7.30. The molecule has 0 saturated carbocycles. The van der Waals surface area contributed by atoms with Gasteiger partial charge in [-0.2, -0.15) is 4.98 Å². The Morgan fingerprint density at radius 1 is 1.18 bits per heavy atom. The molecule has 4 aliphatic heterocycles. The lowest BCUT2D eigenvalue weighted by molar-refractivity contribution is -0.405. The predicted octanol–water partition coefficient (Wildman–Crippen LogP) is 5.65. The average molecular weight is 705 g/mol. The molecule has 0 bridgehead atoms. The molecule has 0 spiro atoms. The van der Waals surface area contributed by atoms with Crippen LogP contribution < -0.4 is 10.1 Å². The number of alkyl halides is 2. The van der Waals surface area contributed by atoms with E-state index in [1.807, 2.05) is 30.3 Å². The Morgan fingerprint density at radius 3 is 2.80 bits per heavy atom. The first-order valence-electron chi connectivity index (χ1n) is 17.2. The molecule has 2 aromatic carbocycles. The minimum absolute atomic E-state index is 0.0235. The first-order chi connectivity index (χ1) is 24.2. The van der Waals surface area contributed by atoms with E-state index in [1.165, 1.54) is 17.2 Å². The second kappa shape index (κ2) is 13.2. The topological polar surface area (TPSA) is 86.5 Å². The Kier molecular flexibility index (Phi) is 8.73. The highest BCUT2D eigenvalue weighted by molar-refractivity contribution is 6.36. The highest BCUT2D eigenvalue weighted by Gasteiger charge is 2.49. The van der Waals surface area contributed by atoms with E-state index in [1.54, 1.807) is 30.0 Å². The second-order valence-corrected chi connectivity index (χ2v) is 14.3. The molecule has 4 fully saturated rings. The number of halogens is 4. The molecular formula is C37H38ClF3N7O2+. The molecule has 8 rings (SSSR count). The normalized spacial score (nSPS) is 27.1. The van der Waals surface area contributed by atoms with E-state index >= 15 is 8.78 Å². The number of amides is 1. The van der Waals surface area contributed by atoms with Crippen molar-refractivity contribution in [1.82, 2.24) is 30.1 Å². The van der Waals surface area contributed by atoms with Crippen molar-refractivity contribution < 1.29 is 27.3 Å². The van der Waals surface area contributed by atoms with Crippen LogP contribution in [0.5, 0.6) is 6.01 Å². The number of nitrogens with one attached hydrogen (secondary N) is 1. The molecule has 260 valence electrons. The van der Waals surface area contributed by atoms with Crippen molar-refractivity contribution in [3.05, 3.63) is 65.6 Å². The minimum Gasteiger partial charge on any atom is -0.443 e. The van der Waals surface area contributed by atoms with Gasteiger partial charge < -0.3 is 15.0 Å². The van der Waals surface area contributed by atoms with Crippen LogP contribution in [0.3, 0.4) is 0 Å². The molecule has 9 nitrogen and oxygen atoms in total. The molecule has 1 amide bonds. The maximum atomic E-state index is 16.8. The van der Waals surface area contributed by atoms with Crippen molar-refractivity contribution in [3.8, 4) is 17.3 Å². The van der Waals surface area contributed by atoms with Crippen LogP contribution in [-0.2, 0) is 4.79 Å². The van der Waals surface area contributed by atoms with E-state index in [2.05, 4.69) is 25.2 Å². The number of hydrogen-bond acceptors (Lipinski definition) is 7. The molecule has 4 aromatic rings. The summed E-state index contributed by atoms with van der Waals surface area (Å²) in [6.45, 7) is 2.38. The molecule has 4 aliphatic rings. The van der Waals surface area contributed by atoms with Crippen LogP contribution in [0.4, 0.5) is 19.0 Å². The zero-order valence-electron chi connectivity index (χ0n) is 27.7. The number of nitrogens with zero attached hydrogens (tertiary/aromatic N) is 6. The predicted molar refractivity (Wildman–Crippen MR) is 186 cm³/mol. The SMILES string of the molecule is C[N+](=CC1CN(C(=O)/C=C/[C@H]2CCN2)C[C@H]1F)c1nc(OC[C@@]23CCCN2C[C@H](F)C3)nc2c(F)c(-c3cccc4cccc(Cl)c34)ncc12. The number of benzene rings is 2. The number of pyridine rings is 1. The van der Waals surface area contributed by atoms with Crippen LogP contribution in [-0.4, -0.2) is 112 Å². The van der Waals surface area contributed by atoms with E-state index in [0.717, 1.165) is 37.7 Å². The lowest BCUT2D eigenvalue weighted by Gasteiger charge is -2.30. The van der Waals surface area contributed by atoms with Gasteiger partial charge in [-0.05, 0) is 43.8 Å². The van der Waals surface area contributed by atoms with Crippen molar-refractivity contribution in [2.75, 3.05) is 46.4 Å². The van der Waals surface area contributed by atoms with Crippen molar-refractivity contribution in [2.45, 2.75) is 49.6 Å². The van der Waals surface area contributed by atoms with Gasteiger partial charge in [0, 0.05) is 58.8 Å². The maximum Gasteiger partial charge on any atom is 0.434 e. The van der Waals surface area contributed by atoms with Gasteiger partial charge in [0.1, 0.15) is 35.5 Å². The number of carbonyl (C=O) groups is 1. The Balaban J connectivity index is 1.17. The van der Waals surface area contributed by atoms with Gasteiger partial charge in [0.05, 0.1) is 31.3 Å². The summed E-state index contributed by atoms with van der Waals surface area (Å²) in [6, 6.07) is 11.1. The van der Waals surface area contributed by atoms with Gasteiger partial charge in [-0.25, -0.2) is 17.7 Å². The Hall–Kier alpha value is -4.13. The van der Waals surface area contributed by atoms with Crippen LogP contribution in [0.2, 0.25) is 5.02 Å². The maximum absolute atomic E-state index is 16.8. The lowest BCUT2D eigenvalue weighted by Crippen LogP contribution is -2.43. The zero-order valence-corrected chi connectivity index (χ0v) is 28.4. The highest BCUT2D eigenvalue weighted by Crippen LogP contribution is 2.41. The van der Waals surface area contributed by atoms with E-state index in [0.29, 0.717) is 34.3 Å². The average Bonchev–Trinajstić information content (AvgIpc) is 3.74. The van der Waals surface area contributed by atoms with Gasteiger partial charge in [0.2, 0.25) is 5.91 Å². The molecule has 6 heterocycles. The lowest BCUT2D eigenvalue weighted by atomic mass is 9.95. The van der Waals surface area contributed by atoms with Crippen molar-refractivity contribution in [1.29, 1.82) is 0 Å². The number of rotatable bonds is 8. The van der Waals surface area contributed by atoms with Gasteiger partial charge in [0.25, 0.3) is 0 Å². The Labute approximate surface area is 292 Å². The molecular weight excluding hydrogens is 667 g/mol. The number of carbonyl (C=O) groups excluding carboxylic acids is 1.